The molecule has 0 amide bonds. The molecule has 1 atom stereocenters. The van der Waals surface area contributed by atoms with Gasteiger partial charge in [-0.3, -0.25) is 0 Å². The second-order valence-electron chi connectivity index (χ2n) is 5.34. The zero-order chi connectivity index (χ0) is 14.1. The molecule has 2 fully saturated rings. The Morgan fingerprint density at radius 1 is 1.11 bits per heavy atom. The summed E-state index contributed by atoms with van der Waals surface area (Å²) in [4.78, 5) is 0. The lowest BCUT2D eigenvalue weighted by molar-refractivity contribution is 0.154. The molecule has 0 aromatic rings. The molecule has 0 saturated carbocycles. The van der Waals surface area contributed by atoms with Crippen molar-refractivity contribution in [1.29, 1.82) is 0 Å². The molecule has 8 heteroatoms. The van der Waals surface area contributed by atoms with E-state index in [-0.39, 0.29) is 37.0 Å². The molecule has 6 nitrogen and oxygen atoms in total. The van der Waals surface area contributed by atoms with Crippen molar-refractivity contribution >= 4 is 19.9 Å². The van der Waals surface area contributed by atoms with Gasteiger partial charge in [0.05, 0.1) is 23.4 Å². The molecule has 0 aliphatic carbocycles. The van der Waals surface area contributed by atoms with Gasteiger partial charge in [0.2, 0.25) is 10.0 Å². The van der Waals surface area contributed by atoms with E-state index in [1.54, 1.807) is 0 Å². The Bertz CT molecular complexity index is 499. The number of nitrogens with zero attached hydrogens (tertiary/aromatic N) is 1. The van der Waals surface area contributed by atoms with Crippen molar-refractivity contribution in [3.63, 3.8) is 0 Å². The Hall–Kier alpha value is -0.180. The van der Waals surface area contributed by atoms with Crippen LogP contribution in [0.4, 0.5) is 0 Å². The third-order valence-corrected chi connectivity index (χ3v) is 8.20. The number of rotatable bonds is 3. The van der Waals surface area contributed by atoms with Gasteiger partial charge in [-0.05, 0) is 25.7 Å². The molecule has 2 heterocycles. The highest BCUT2D eigenvalue weighted by Gasteiger charge is 2.40. The highest BCUT2D eigenvalue weighted by molar-refractivity contribution is 7.92. The first-order valence-electron chi connectivity index (χ1n) is 6.69. The molecule has 0 aromatic carbocycles. The monoisotopic (exact) mass is 311 g/mol. The van der Waals surface area contributed by atoms with E-state index >= 15 is 0 Å². The molecular formula is C11H21NO5S2. The SMILES string of the molecule is O=S1(=O)CCC(S(=O)(=O)N2CCCCC2CO)CC1. The summed E-state index contributed by atoms with van der Waals surface area (Å²) in [5.41, 5.74) is 0. The summed E-state index contributed by atoms with van der Waals surface area (Å²) in [6.45, 7) is 0.279. The molecule has 1 unspecified atom stereocenters. The molecular weight excluding hydrogens is 290 g/mol. The molecule has 0 radical (unpaired) electrons. The minimum atomic E-state index is -3.49. The number of sulfone groups is 1. The molecule has 2 saturated heterocycles. The number of aliphatic hydroxyl groups is 1. The smallest absolute Gasteiger partial charge is 0.217 e. The normalized spacial score (nSPS) is 30.3. The van der Waals surface area contributed by atoms with E-state index in [4.69, 9.17) is 0 Å². The first-order valence-corrected chi connectivity index (χ1v) is 10.0. The van der Waals surface area contributed by atoms with Crippen LogP contribution in [0.3, 0.4) is 0 Å². The molecule has 2 rings (SSSR count). The van der Waals surface area contributed by atoms with Crippen molar-refractivity contribution in [3.05, 3.63) is 0 Å². The summed E-state index contributed by atoms with van der Waals surface area (Å²) in [7, 11) is -6.55. The van der Waals surface area contributed by atoms with Crippen molar-refractivity contribution in [2.75, 3.05) is 24.7 Å². The van der Waals surface area contributed by atoms with Crippen LogP contribution in [0.15, 0.2) is 0 Å². The molecule has 19 heavy (non-hydrogen) atoms. The van der Waals surface area contributed by atoms with Crippen molar-refractivity contribution < 1.29 is 21.9 Å². The first kappa shape index (κ1) is 15.2. The maximum absolute atomic E-state index is 12.5. The van der Waals surface area contributed by atoms with Crippen LogP contribution < -0.4 is 0 Å². The van der Waals surface area contributed by atoms with E-state index < -0.39 is 25.1 Å². The van der Waals surface area contributed by atoms with Gasteiger partial charge in [0.15, 0.2) is 0 Å². The predicted octanol–water partition coefficient (Wildman–Crippen LogP) is -0.260. The van der Waals surface area contributed by atoms with Gasteiger partial charge in [-0.2, -0.15) is 4.31 Å². The Morgan fingerprint density at radius 2 is 1.74 bits per heavy atom. The van der Waals surface area contributed by atoms with Gasteiger partial charge in [-0.15, -0.1) is 0 Å². The van der Waals surface area contributed by atoms with E-state index in [2.05, 4.69) is 0 Å². The summed E-state index contributed by atoms with van der Waals surface area (Å²) >= 11 is 0. The summed E-state index contributed by atoms with van der Waals surface area (Å²) in [5.74, 6) is -0.0942. The van der Waals surface area contributed by atoms with E-state index in [9.17, 15) is 21.9 Å². The molecule has 0 bridgehead atoms. The van der Waals surface area contributed by atoms with Crippen LogP contribution in [0.25, 0.3) is 0 Å². The summed E-state index contributed by atoms with van der Waals surface area (Å²) in [6, 6.07) is -0.336. The second kappa shape index (κ2) is 5.67. The quantitative estimate of drug-likeness (QED) is 0.775. The van der Waals surface area contributed by atoms with E-state index in [0.29, 0.717) is 13.0 Å². The van der Waals surface area contributed by atoms with E-state index in [0.717, 1.165) is 12.8 Å². The van der Waals surface area contributed by atoms with Crippen molar-refractivity contribution in [2.45, 2.75) is 43.4 Å². The van der Waals surface area contributed by atoms with Gasteiger partial charge in [0, 0.05) is 12.6 Å². The number of hydrogen-bond acceptors (Lipinski definition) is 5. The second-order valence-corrected chi connectivity index (χ2v) is 9.81. The van der Waals surface area contributed by atoms with Crippen LogP contribution in [0.1, 0.15) is 32.1 Å². The zero-order valence-electron chi connectivity index (χ0n) is 10.9. The fraction of sp³-hybridized carbons (Fsp3) is 1.00. The molecule has 0 spiro atoms. The molecule has 2 aliphatic heterocycles. The molecule has 1 N–H and O–H groups in total. The summed E-state index contributed by atoms with van der Waals surface area (Å²) in [5, 5.41) is 8.70. The Labute approximate surface area is 114 Å². The maximum atomic E-state index is 12.5. The average Bonchev–Trinajstić information content (AvgIpc) is 2.38. The van der Waals surface area contributed by atoms with E-state index in [1.165, 1.54) is 4.31 Å². The zero-order valence-corrected chi connectivity index (χ0v) is 12.5. The third-order valence-electron chi connectivity index (χ3n) is 4.03. The first-order chi connectivity index (χ1) is 8.87. The van der Waals surface area contributed by atoms with Crippen LogP contribution >= 0.6 is 0 Å². The van der Waals surface area contributed by atoms with Crippen LogP contribution in [0, 0.1) is 0 Å². The molecule has 2 aliphatic rings. The third kappa shape index (κ3) is 3.29. The number of aliphatic hydroxyl groups excluding tert-OH is 1. The fourth-order valence-electron chi connectivity index (χ4n) is 2.85. The largest absolute Gasteiger partial charge is 0.395 e. The minimum Gasteiger partial charge on any atom is -0.395 e. The van der Waals surface area contributed by atoms with Gasteiger partial charge in [-0.1, -0.05) is 6.42 Å². The Kier molecular flexibility index (Phi) is 4.54. The van der Waals surface area contributed by atoms with Crippen LogP contribution in [-0.4, -0.2) is 62.2 Å². The summed E-state index contributed by atoms with van der Waals surface area (Å²) in [6.07, 6.45) is 2.77. The number of sulfonamides is 1. The molecule has 112 valence electrons. The van der Waals surface area contributed by atoms with Gasteiger partial charge in [0.1, 0.15) is 9.84 Å². The Morgan fingerprint density at radius 3 is 2.32 bits per heavy atom. The van der Waals surface area contributed by atoms with Gasteiger partial charge in [-0.25, -0.2) is 16.8 Å². The lowest BCUT2D eigenvalue weighted by Crippen LogP contribution is -2.50. The van der Waals surface area contributed by atoms with Gasteiger partial charge in [0.25, 0.3) is 0 Å². The average molecular weight is 311 g/mol. The van der Waals surface area contributed by atoms with Crippen LogP contribution in [0.5, 0.6) is 0 Å². The highest BCUT2D eigenvalue weighted by atomic mass is 32.2. The maximum Gasteiger partial charge on any atom is 0.217 e. The topological polar surface area (TPSA) is 91.8 Å². The van der Waals surface area contributed by atoms with Gasteiger partial charge >= 0.3 is 0 Å². The fourth-order valence-corrected chi connectivity index (χ4v) is 6.82. The van der Waals surface area contributed by atoms with Crippen molar-refractivity contribution in [2.24, 2.45) is 0 Å². The number of piperidine rings is 1. The lowest BCUT2D eigenvalue weighted by atomic mass is 10.1. The lowest BCUT2D eigenvalue weighted by Gasteiger charge is -2.37. The molecule has 0 aromatic heterocycles. The van der Waals surface area contributed by atoms with Crippen LogP contribution in [0.2, 0.25) is 0 Å². The minimum absolute atomic E-state index is 0.0471. The predicted molar refractivity (Wildman–Crippen MR) is 72.0 cm³/mol. The highest BCUT2D eigenvalue weighted by Crippen LogP contribution is 2.27. The van der Waals surface area contributed by atoms with Crippen molar-refractivity contribution in [3.8, 4) is 0 Å². The van der Waals surface area contributed by atoms with Gasteiger partial charge < -0.3 is 5.11 Å². The van der Waals surface area contributed by atoms with Crippen LogP contribution in [-0.2, 0) is 19.9 Å². The Balaban J connectivity index is 2.13. The summed E-state index contributed by atoms with van der Waals surface area (Å²) < 4.78 is 49.2. The van der Waals surface area contributed by atoms with Crippen molar-refractivity contribution in [1.82, 2.24) is 4.31 Å². The number of hydrogen-bond donors (Lipinski definition) is 1. The standard InChI is InChI=1S/C11H21NO5S2/c13-9-10-3-1-2-6-12(10)19(16,17)11-4-7-18(14,15)8-5-11/h10-11,13H,1-9H2. The van der Waals surface area contributed by atoms with E-state index in [1.807, 2.05) is 0 Å².